The molecule has 2 heterocycles. The normalized spacial score (nSPS) is 12.9. The molecule has 34 heavy (non-hydrogen) atoms. The summed E-state index contributed by atoms with van der Waals surface area (Å²) >= 11 is 0. The number of fused-ring (bicyclic) bond motifs is 2. The third-order valence-electron chi connectivity index (χ3n) is 5.81. The number of carbonyl (C=O) groups excluding carboxylic acids is 3. The van der Waals surface area contributed by atoms with Crippen molar-refractivity contribution in [3.63, 3.8) is 0 Å². The molecule has 3 amide bonds. The fraction of sp³-hybridized carbons (Fsp3) is 0.320. The number of aromatic nitrogens is 2. The van der Waals surface area contributed by atoms with Gasteiger partial charge in [-0.3, -0.25) is 24.1 Å². The van der Waals surface area contributed by atoms with Gasteiger partial charge in [0, 0.05) is 25.8 Å². The first-order chi connectivity index (χ1) is 16.4. The van der Waals surface area contributed by atoms with Crippen molar-refractivity contribution in [2.45, 2.75) is 26.3 Å². The van der Waals surface area contributed by atoms with Crippen molar-refractivity contribution >= 4 is 28.6 Å². The van der Waals surface area contributed by atoms with Crippen molar-refractivity contribution in [1.29, 1.82) is 0 Å². The highest BCUT2D eigenvalue weighted by Crippen LogP contribution is 2.25. The van der Waals surface area contributed by atoms with Crippen molar-refractivity contribution in [1.82, 2.24) is 19.8 Å². The summed E-state index contributed by atoms with van der Waals surface area (Å²) in [5.41, 5.74) is 1.07. The number of hydrogen-bond acceptors (Lipinski definition) is 6. The Bertz CT molecular complexity index is 1320. The zero-order valence-electron chi connectivity index (χ0n) is 19.2. The summed E-state index contributed by atoms with van der Waals surface area (Å²) < 4.78 is 5.16. The van der Waals surface area contributed by atoms with Gasteiger partial charge in [0.05, 0.1) is 35.2 Å². The average molecular weight is 463 g/mol. The number of nitrogens with zero attached hydrogens (tertiary/aromatic N) is 3. The van der Waals surface area contributed by atoms with Gasteiger partial charge in [-0.1, -0.05) is 25.5 Å². The predicted molar refractivity (Wildman–Crippen MR) is 126 cm³/mol. The number of ether oxygens (including phenoxy) is 1. The Kier molecular flexibility index (Phi) is 6.83. The molecule has 3 aromatic rings. The average Bonchev–Trinajstić information content (AvgIpc) is 3.08. The molecule has 9 nitrogen and oxygen atoms in total. The highest BCUT2D eigenvalue weighted by molar-refractivity contribution is 6.22. The summed E-state index contributed by atoms with van der Waals surface area (Å²) in [7, 11) is 1.53. The second kappa shape index (κ2) is 9.96. The van der Waals surface area contributed by atoms with Gasteiger partial charge >= 0.3 is 0 Å². The predicted octanol–water partition coefficient (Wildman–Crippen LogP) is 2.61. The van der Waals surface area contributed by atoms with Gasteiger partial charge in [0.2, 0.25) is 0 Å². The summed E-state index contributed by atoms with van der Waals surface area (Å²) in [5.74, 6) is -0.733. The van der Waals surface area contributed by atoms with Crippen LogP contribution in [0, 0.1) is 0 Å². The minimum Gasteiger partial charge on any atom is -0.383 e. The minimum absolute atomic E-state index is 0.0505. The number of hydrogen-bond donors (Lipinski definition) is 1. The Balaban J connectivity index is 1.62. The summed E-state index contributed by atoms with van der Waals surface area (Å²) in [6, 6.07) is 11.5. The lowest BCUT2D eigenvalue weighted by molar-refractivity contribution is 0.0651. The molecular formula is C25H26N4O5. The van der Waals surface area contributed by atoms with E-state index in [2.05, 4.69) is 9.97 Å². The molecule has 0 aliphatic carbocycles. The van der Waals surface area contributed by atoms with Crippen LogP contribution in [0.5, 0.6) is 0 Å². The number of nitrogens with one attached hydrogen (secondary N) is 1. The Hall–Kier alpha value is -3.85. The van der Waals surface area contributed by atoms with Crippen molar-refractivity contribution in [2.75, 3.05) is 26.8 Å². The van der Waals surface area contributed by atoms with Crippen LogP contribution in [0.1, 0.15) is 56.7 Å². The zero-order chi connectivity index (χ0) is 24.2. The number of rotatable bonds is 9. The Labute approximate surface area is 196 Å². The van der Waals surface area contributed by atoms with Crippen molar-refractivity contribution in [3.8, 4) is 0 Å². The first-order valence-electron chi connectivity index (χ1n) is 11.2. The Morgan fingerprint density at radius 1 is 1.09 bits per heavy atom. The van der Waals surface area contributed by atoms with E-state index in [0.29, 0.717) is 28.8 Å². The van der Waals surface area contributed by atoms with Gasteiger partial charge in [0.15, 0.2) is 0 Å². The van der Waals surface area contributed by atoms with Crippen LogP contribution in [0.3, 0.4) is 0 Å². The Morgan fingerprint density at radius 2 is 1.85 bits per heavy atom. The van der Waals surface area contributed by atoms with Crippen molar-refractivity contribution in [2.24, 2.45) is 0 Å². The monoisotopic (exact) mass is 462 g/mol. The van der Waals surface area contributed by atoms with Crippen LogP contribution in [-0.2, 0) is 11.3 Å². The number of unbranched alkanes of at least 4 members (excludes halogenated alkanes) is 1. The molecule has 0 saturated heterocycles. The topological polar surface area (TPSA) is 113 Å². The second-order valence-electron chi connectivity index (χ2n) is 8.13. The van der Waals surface area contributed by atoms with Crippen molar-refractivity contribution < 1.29 is 19.1 Å². The van der Waals surface area contributed by atoms with Gasteiger partial charge in [-0.2, -0.15) is 0 Å². The van der Waals surface area contributed by atoms with Gasteiger partial charge in [-0.25, -0.2) is 4.98 Å². The van der Waals surface area contributed by atoms with E-state index in [4.69, 9.17) is 4.74 Å². The van der Waals surface area contributed by atoms with Crippen LogP contribution in [0.25, 0.3) is 10.9 Å². The largest absolute Gasteiger partial charge is 0.383 e. The number of benzene rings is 2. The SMILES string of the molecule is CCCCN1C(=O)c2ccc(C(=O)N(CCOC)Cc3nc4ccccc4c(=O)[nH]3)cc2C1=O. The van der Waals surface area contributed by atoms with Gasteiger partial charge in [-0.15, -0.1) is 0 Å². The summed E-state index contributed by atoms with van der Waals surface area (Å²) in [6.45, 7) is 2.91. The minimum atomic E-state index is -0.382. The quantitative estimate of drug-likeness (QED) is 0.489. The number of H-pyrrole nitrogens is 1. The van der Waals surface area contributed by atoms with Crippen LogP contribution < -0.4 is 5.56 Å². The van der Waals surface area contributed by atoms with Crippen LogP contribution in [0.4, 0.5) is 0 Å². The number of aromatic amines is 1. The molecule has 1 aliphatic heterocycles. The smallest absolute Gasteiger partial charge is 0.261 e. The van der Waals surface area contributed by atoms with Crippen molar-refractivity contribution in [3.05, 3.63) is 75.3 Å². The third kappa shape index (κ3) is 4.47. The number of imide groups is 1. The number of carbonyl (C=O) groups is 3. The van der Waals surface area contributed by atoms with E-state index in [9.17, 15) is 19.2 Å². The van der Waals surface area contributed by atoms with Gasteiger partial charge < -0.3 is 14.6 Å². The van der Waals surface area contributed by atoms with Gasteiger partial charge in [0.1, 0.15) is 5.82 Å². The standard InChI is InChI=1S/C25H26N4O5/c1-3-4-11-29-24(32)17-10-9-16(14-19(17)25(29)33)23(31)28(12-13-34-2)15-21-26-20-8-6-5-7-18(20)22(30)27-21/h5-10,14H,3-4,11-13,15H2,1-2H3,(H,26,27,30). The van der Waals surface area contributed by atoms with Crippen LogP contribution in [0.2, 0.25) is 0 Å². The lowest BCUT2D eigenvalue weighted by atomic mass is 10.0. The maximum atomic E-state index is 13.4. The van der Waals surface area contributed by atoms with Crippen LogP contribution in [0.15, 0.2) is 47.3 Å². The fourth-order valence-electron chi connectivity index (χ4n) is 3.97. The molecule has 4 rings (SSSR count). The number of para-hydroxylation sites is 1. The van der Waals surface area contributed by atoms with E-state index in [0.717, 1.165) is 12.8 Å². The molecule has 176 valence electrons. The first kappa shape index (κ1) is 23.3. The maximum absolute atomic E-state index is 13.4. The van der Waals surface area contributed by atoms with E-state index < -0.39 is 0 Å². The summed E-state index contributed by atoms with van der Waals surface area (Å²) in [5, 5.41) is 0.468. The molecular weight excluding hydrogens is 436 g/mol. The van der Waals surface area contributed by atoms with E-state index in [1.807, 2.05) is 6.92 Å². The molecule has 1 N–H and O–H groups in total. The molecule has 0 radical (unpaired) electrons. The molecule has 1 aliphatic rings. The summed E-state index contributed by atoms with van der Waals surface area (Å²) in [4.78, 5) is 61.2. The van der Waals surface area contributed by atoms with E-state index >= 15 is 0 Å². The van der Waals surface area contributed by atoms with E-state index in [1.165, 1.54) is 29.0 Å². The molecule has 0 fully saturated rings. The summed E-state index contributed by atoms with van der Waals surface area (Å²) in [6.07, 6.45) is 1.58. The molecule has 0 bridgehead atoms. The maximum Gasteiger partial charge on any atom is 0.261 e. The fourth-order valence-corrected chi connectivity index (χ4v) is 3.97. The first-order valence-corrected chi connectivity index (χ1v) is 11.2. The van der Waals surface area contributed by atoms with E-state index in [-0.39, 0.29) is 54.1 Å². The highest BCUT2D eigenvalue weighted by atomic mass is 16.5. The van der Waals surface area contributed by atoms with E-state index in [1.54, 1.807) is 30.3 Å². The lowest BCUT2D eigenvalue weighted by Gasteiger charge is -2.22. The second-order valence-corrected chi connectivity index (χ2v) is 8.13. The molecule has 0 spiro atoms. The van der Waals surface area contributed by atoms with Crippen LogP contribution in [-0.4, -0.2) is 64.3 Å². The third-order valence-corrected chi connectivity index (χ3v) is 5.81. The van der Waals surface area contributed by atoms with Gasteiger partial charge in [0.25, 0.3) is 23.3 Å². The molecule has 0 saturated carbocycles. The Morgan fingerprint density at radius 3 is 2.62 bits per heavy atom. The zero-order valence-corrected chi connectivity index (χ0v) is 19.2. The van der Waals surface area contributed by atoms with Gasteiger partial charge in [-0.05, 0) is 36.8 Å². The molecule has 0 atom stereocenters. The number of amides is 3. The molecule has 2 aromatic carbocycles. The molecule has 9 heteroatoms. The molecule has 1 aromatic heterocycles. The van der Waals surface area contributed by atoms with Crippen LogP contribution >= 0.6 is 0 Å². The molecule has 0 unspecified atom stereocenters. The highest BCUT2D eigenvalue weighted by Gasteiger charge is 2.35. The lowest BCUT2D eigenvalue weighted by Crippen LogP contribution is -2.35. The number of methoxy groups -OCH3 is 1.